The van der Waals surface area contributed by atoms with Crippen molar-refractivity contribution in [3.05, 3.63) is 35.0 Å². The van der Waals surface area contributed by atoms with Gasteiger partial charge in [-0.15, -0.1) is 6.42 Å². The number of aromatic carboxylic acids is 1. The second-order valence-electron chi connectivity index (χ2n) is 4.04. The van der Waals surface area contributed by atoms with Gasteiger partial charge in [-0.1, -0.05) is 24.1 Å². The first kappa shape index (κ1) is 11.3. The Hall–Kier alpha value is -2.21. The summed E-state index contributed by atoms with van der Waals surface area (Å²) >= 11 is 0. The molecule has 1 heterocycles. The van der Waals surface area contributed by atoms with Crippen LogP contribution in [-0.2, 0) is 6.54 Å². The van der Waals surface area contributed by atoms with Crippen molar-refractivity contribution in [3.8, 4) is 12.3 Å². The number of carbonyl (C=O) groups is 1. The van der Waals surface area contributed by atoms with Crippen LogP contribution in [0.3, 0.4) is 0 Å². The first-order chi connectivity index (χ1) is 8.07. The number of hydrogen-bond donors (Lipinski definition) is 1. The van der Waals surface area contributed by atoms with Gasteiger partial charge in [0.15, 0.2) is 0 Å². The van der Waals surface area contributed by atoms with Gasteiger partial charge >= 0.3 is 5.97 Å². The minimum Gasteiger partial charge on any atom is -0.477 e. The Bertz CT molecular complexity index is 644. The average molecular weight is 227 g/mol. The predicted octanol–water partition coefficient (Wildman–Crippen LogP) is 2.59. The van der Waals surface area contributed by atoms with E-state index in [4.69, 9.17) is 6.42 Å². The van der Waals surface area contributed by atoms with Gasteiger partial charge in [-0.2, -0.15) is 0 Å². The highest BCUT2D eigenvalue weighted by molar-refractivity contribution is 5.99. The number of benzene rings is 1. The first-order valence-electron chi connectivity index (χ1n) is 5.33. The third-order valence-corrected chi connectivity index (χ3v) is 2.99. The second-order valence-corrected chi connectivity index (χ2v) is 4.04. The van der Waals surface area contributed by atoms with Crippen LogP contribution < -0.4 is 0 Å². The molecule has 17 heavy (non-hydrogen) atoms. The van der Waals surface area contributed by atoms with Crippen molar-refractivity contribution >= 4 is 16.9 Å². The monoisotopic (exact) mass is 227 g/mol. The van der Waals surface area contributed by atoms with Gasteiger partial charge < -0.3 is 9.67 Å². The van der Waals surface area contributed by atoms with E-state index in [1.807, 2.05) is 32.0 Å². The van der Waals surface area contributed by atoms with E-state index in [1.165, 1.54) is 0 Å². The van der Waals surface area contributed by atoms with E-state index in [2.05, 4.69) is 5.92 Å². The van der Waals surface area contributed by atoms with Crippen molar-refractivity contribution in [3.63, 3.8) is 0 Å². The number of aromatic nitrogens is 1. The van der Waals surface area contributed by atoms with E-state index < -0.39 is 5.97 Å². The highest BCUT2D eigenvalue weighted by Gasteiger charge is 2.19. The normalized spacial score (nSPS) is 10.4. The lowest BCUT2D eigenvalue weighted by Gasteiger charge is -2.05. The number of nitrogens with zero attached hydrogens (tertiary/aromatic N) is 1. The third-order valence-electron chi connectivity index (χ3n) is 2.99. The lowest BCUT2D eigenvalue weighted by atomic mass is 10.1. The summed E-state index contributed by atoms with van der Waals surface area (Å²) in [5.41, 5.74) is 3.01. The molecule has 0 saturated carbocycles. The number of para-hydroxylation sites is 1. The van der Waals surface area contributed by atoms with Crippen molar-refractivity contribution in [2.45, 2.75) is 20.4 Å². The fourth-order valence-electron chi connectivity index (χ4n) is 2.29. The zero-order valence-electron chi connectivity index (χ0n) is 9.82. The molecule has 1 aromatic heterocycles. The predicted molar refractivity (Wildman–Crippen MR) is 67.2 cm³/mol. The molecule has 0 aliphatic rings. The van der Waals surface area contributed by atoms with Crippen molar-refractivity contribution in [2.75, 3.05) is 0 Å². The van der Waals surface area contributed by atoms with Gasteiger partial charge in [-0.05, 0) is 25.0 Å². The topological polar surface area (TPSA) is 42.2 Å². The maximum Gasteiger partial charge on any atom is 0.352 e. The van der Waals surface area contributed by atoms with Crippen molar-refractivity contribution in [2.24, 2.45) is 0 Å². The smallest absolute Gasteiger partial charge is 0.352 e. The summed E-state index contributed by atoms with van der Waals surface area (Å²) in [4.78, 5) is 11.3. The fraction of sp³-hybridized carbons (Fsp3) is 0.214. The van der Waals surface area contributed by atoms with Gasteiger partial charge in [0.05, 0.1) is 12.1 Å². The largest absolute Gasteiger partial charge is 0.477 e. The number of aryl methyl sites for hydroxylation is 2. The van der Waals surface area contributed by atoms with E-state index in [-0.39, 0.29) is 12.2 Å². The molecule has 1 N–H and O–H groups in total. The van der Waals surface area contributed by atoms with Crippen LogP contribution >= 0.6 is 0 Å². The minimum atomic E-state index is -0.937. The van der Waals surface area contributed by atoms with Gasteiger partial charge in [-0.3, -0.25) is 0 Å². The quantitative estimate of drug-likeness (QED) is 0.801. The molecule has 0 spiro atoms. The van der Waals surface area contributed by atoms with Gasteiger partial charge in [-0.25, -0.2) is 4.79 Å². The number of carboxylic acids is 1. The lowest BCUT2D eigenvalue weighted by Crippen LogP contribution is -2.09. The van der Waals surface area contributed by atoms with Crippen molar-refractivity contribution in [1.82, 2.24) is 4.57 Å². The zero-order valence-corrected chi connectivity index (χ0v) is 9.82. The Morgan fingerprint density at radius 3 is 2.76 bits per heavy atom. The molecule has 0 unspecified atom stereocenters. The molecule has 0 radical (unpaired) electrons. The maximum atomic E-state index is 11.3. The number of carboxylic acid groups (broad SMARTS) is 1. The molecular formula is C14H13NO2. The summed E-state index contributed by atoms with van der Waals surface area (Å²) in [6, 6.07) is 5.81. The molecule has 2 rings (SSSR count). The highest BCUT2D eigenvalue weighted by atomic mass is 16.4. The number of fused-ring (bicyclic) bond motifs is 1. The Labute approximate surface area is 99.7 Å². The molecule has 0 aliphatic carbocycles. The first-order valence-corrected chi connectivity index (χ1v) is 5.33. The standard InChI is InChI=1S/C14H13NO2/c1-4-8-15-12-9(2)6-5-7-11(12)10(3)13(15)14(16)17/h1,5-7H,8H2,2-3H3,(H,16,17). The molecular weight excluding hydrogens is 214 g/mol. The van der Waals surface area contributed by atoms with Crippen LogP contribution in [0.4, 0.5) is 0 Å². The molecule has 0 aliphatic heterocycles. The SMILES string of the molecule is C#CCn1c(C(=O)O)c(C)c2cccc(C)c21. The van der Waals surface area contributed by atoms with E-state index in [0.717, 1.165) is 22.0 Å². The summed E-state index contributed by atoms with van der Waals surface area (Å²) < 4.78 is 1.70. The summed E-state index contributed by atoms with van der Waals surface area (Å²) in [6.45, 7) is 4.05. The van der Waals surface area contributed by atoms with E-state index in [9.17, 15) is 9.90 Å². The van der Waals surface area contributed by atoms with Crippen LogP contribution in [0.1, 0.15) is 21.6 Å². The van der Waals surface area contributed by atoms with Crippen molar-refractivity contribution in [1.29, 1.82) is 0 Å². The number of rotatable bonds is 2. The Balaban J connectivity index is 2.95. The molecule has 2 aromatic rings. The number of hydrogen-bond acceptors (Lipinski definition) is 1. The fourth-order valence-corrected chi connectivity index (χ4v) is 2.29. The van der Waals surface area contributed by atoms with E-state index >= 15 is 0 Å². The van der Waals surface area contributed by atoms with Crippen LogP contribution in [0.15, 0.2) is 18.2 Å². The Morgan fingerprint density at radius 1 is 1.47 bits per heavy atom. The average Bonchev–Trinajstić information content (AvgIpc) is 2.54. The molecule has 0 saturated heterocycles. The van der Waals surface area contributed by atoms with Crippen LogP contribution in [-0.4, -0.2) is 15.6 Å². The van der Waals surface area contributed by atoms with Crippen LogP contribution in [0.25, 0.3) is 10.9 Å². The van der Waals surface area contributed by atoms with E-state index in [0.29, 0.717) is 0 Å². The molecule has 0 bridgehead atoms. The molecule has 3 nitrogen and oxygen atoms in total. The van der Waals surface area contributed by atoms with Gasteiger partial charge in [0.2, 0.25) is 0 Å². The molecule has 3 heteroatoms. The molecule has 0 fully saturated rings. The summed E-state index contributed by atoms with van der Waals surface area (Å²) in [6.07, 6.45) is 5.32. The van der Waals surface area contributed by atoms with Crippen LogP contribution in [0.5, 0.6) is 0 Å². The molecule has 0 amide bonds. The summed E-state index contributed by atoms with van der Waals surface area (Å²) in [7, 11) is 0. The van der Waals surface area contributed by atoms with E-state index in [1.54, 1.807) is 4.57 Å². The van der Waals surface area contributed by atoms with Crippen LogP contribution in [0.2, 0.25) is 0 Å². The molecule has 0 atom stereocenters. The zero-order chi connectivity index (χ0) is 12.6. The maximum absolute atomic E-state index is 11.3. The summed E-state index contributed by atoms with van der Waals surface area (Å²) in [5, 5.41) is 10.2. The van der Waals surface area contributed by atoms with Gasteiger partial charge in [0.1, 0.15) is 5.69 Å². The number of terminal acetylenes is 1. The van der Waals surface area contributed by atoms with Crippen LogP contribution in [0, 0.1) is 26.2 Å². The summed E-state index contributed by atoms with van der Waals surface area (Å²) in [5.74, 6) is 1.57. The van der Waals surface area contributed by atoms with Crippen molar-refractivity contribution < 1.29 is 9.90 Å². The third kappa shape index (κ3) is 1.58. The lowest BCUT2D eigenvalue weighted by molar-refractivity contribution is 0.0685. The minimum absolute atomic E-state index is 0.275. The Morgan fingerprint density at radius 2 is 2.18 bits per heavy atom. The van der Waals surface area contributed by atoms with Gasteiger partial charge in [0, 0.05) is 5.39 Å². The Kier molecular flexibility index (Phi) is 2.64. The van der Waals surface area contributed by atoms with Gasteiger partial charge in [0.25, 0.3) is 0 Å². The molecule has 1 aromatic carbocycles. The highest BCUT2D eigenvalue weighted by Crippen LogP contribution is 2.28. The second kappa shape index (κ2) is 3.99. The molecule has 86 valence electrons.